The summed E-state index contributed by atoms with van der Waals surface area (Å²) in [6, 6.07) is 17.8. The van der Waals surface area contributed by atoms with E-state index in [9.17, 15) is 13.2 Å². The lowest BCUT2D eigenvalue weighted by Gasteiger charge is -2.04. The Morgan fingerprint density at radius 3 is 1.91 bits per heavy atom. The molecule has 1 N–H and O–H groups in total. The number of hydrogen-bond donors (Lipinski definition) is 1. The number of hydrogen-bond acceptors (Lipinski definition) is 4. The van der Waals surface area contributed by atoms with E-state index in [1.165, 1.54) is 5.56 Å². The molecule has 22 heavy (non-hydrogen) atoms. The van der Waals surface area contributed by atoms with E-state index in [4.69, 9.17) is 5.11 Å². The van der Waals surface area contributed by atoms with Gasteiger partial charge in [-0.15, -0.1) is 0 Å². The van der Waals surface area contributed by atoms with Gasteiger partial charge in [-0.3, -0.25) is 0 Å². The maximum absolute atomic E-state index is 10.7. The third-order valence-corrected chi connectivity index (χ3v) is 3.14. The second-order valence-electron chi connectivity index (χ2n) is 4.52. The van der Waals surface area contributed by atoms with Gasteiger partial charge in [-0.05, 0) is 12.5 Å². The molecule has 0 fully saturated rings. The Labute approximate surface area is 131 Å². The molecule has 2 aromatic carbocycles. The third kappa shape index (κ3) is 7.35. The summed E-state index contributed by atoms with van der Waals surface area (Å²) in [4.78, 5) is 10.7. The molecule has 0 spiro atoms. The van der Waals surface area contributed by atoms with Crippen molar-refractivity contribution in [3.05, 3.63) is 71.8 Å². The number of aliphatic carboxylic acids is 1. The van der Waals surface area contributed by atoms with Gasteiger partial charge in [0.15, 0.2) is 6.04 Å². The Balaban J connectivity index is 0.000000287. The first kappa shape index (κ1) is 17.6. The molecule has 0 heterocycles. The summed E-state index contributed by atoms with van der Waals surface area (Å²) in [5.41, 5.74) is 2.06. The summed E-state index contributed by atoms with van der Waals surface area (Å²) in [5.74, 6) is -1.25. The average Bonchev–Trinajstić information content (AvgIpc) is 2.48. The van der Waals surface area contributed by atoms with Gasteiger partial charge in [0.05, 0.1) is 0 Å². The highest BCUT2D eigenvalue weighted by Gasteiger charge is 2.17. The molecule has 116 valence electrons. The molecule has 0 aliphatic rings. The predicted octanol–water partition coefficient (Wildman–Crippen LogP) is 2.74. The molecule has 2 aromatic rings. The molecular formula is C16H17NO4S. The van der Waals surface area contributed by atoms with E-state index in [0.717, 1.165) is 5.56 Å². The van der Waals surface area contributed by atoms with Crippen LogP contribution in [-0.4, -0.2) is 25.5 Å². The van der Waals surface area contributed by atoms with Crippen LogP contribution in [0.3, 0.4) is 0 Å². The van der Waals surface area contributed by atoms with Gasteiger partial charge in [-0.1, -0.05) is 66.2 Å². The fraction of sp³-hybridized carbons (Fsp3) is 0.188. The van der Waals surface area contributed by atoms with E-state index in [2.05, 4.69) is 23.4 Å². The zero-order valence-corrected chi connectivity index (χ0v) is 12.9. The van der Waals surface area contributed by atoms with E-state index in [1.54, 1.807) is 30.3 Å². The summed E-state index contributed by atoms with van der Waals surface area (Å²) in [7, 11) is -2.70. The molecule has 0 bridgehead atoms. The van der Waals surface area contributed by atoms with Crippen LogP contribution in [0.4, 0.5) is 0 Å². The monoisotopic (exact) mass is 319 g/mol. The van der Waals surface area contributed by atoms with E-state index in [0.29, 0.717) is 0 Å². The van der Waals surface area contributed by atoms with Crippen molar-refractivity contribution in [3.63, 3.8) is 0 Å². The van der Waals surface area contributed by atoms with Crippen molar-refractivity contribution in [2.45, 2.75) is 19.4 Å². The minimum absolute atomic E-state index is 0.0736. The molecule has 0 saturated carbocycles. The van der Waals surface area contributed by atoms with Crippen LogP contribution in [-0.2, 0) is 21.7 Å². The SMILES string of the molecule is Cc1ccccc1.O=C(O)C(Cc1ccccc1)N=S(=O)=O. The third-order valence-electron chi connectivity index (χ3n) is 2.71. The average molecular weight is 319 g/mol. The Bertz CT molecular complexity index is 704. The van der Waals surface area contributed by atoms with Crippen LogP contribution in [0.1, 0.15) is 11.1 Å². The Kier molecular flexibility index (Phi) is 7.56. The van der Waals surface area contributed by atoms with Crippen molar-refractivity contribution < 1.29 is 18.3 Å². The van der Waals surface area contributed by atoms with Gasteiger partial charge in [-0.2, -0.15) is 12.8 Å². The fourth-order valence-electron chi connectivity index (χ4n) is 1.65. The van der Waals surface area contributed by atoms with Gasteiger partial charge in [0.1, 0.15) is 0 Å². The zero-order chi connectivity index (χ0) is 16.4. The second kappa shape index (κ2) is 9.46. The van der Waals surface area contributed by atoms with Crippen molar-refractivity contribution in [1.29, 1.82) is 0 Å². The molecule has 2 rings (SSSR count). The maximum Gasteiger partial charge on any atom is 0.330 e. The van der Waals surface area contributed by atoms with E-state index >= 15 is 0 Å². The molecule has 0 amide bonds. The smallest absolute Gasteiger partial charge is 0.330 e. The normalized spacial score (nSPS) is 10.8. The molecule has 1 atom stereocenters. The first-order chi connectivity index (χ1) is 10.5. The largest absolute Gasteiger partial charge is 0.480 e. The van der Waals surface area contributed by atoms with E-state index in [-0.39, 0.29) is 6.42 Å². The van der Waals surface area contributed by atoms with Gasteiger partial charge in [-0.25, -0.2) is 4.79 Å². The molecule has 0 aliphatic carbocycles. The lowest BCUT2D eigenvalue weighted by atomic mass is 10.1. The molecule has 0 radical (unpaired) electrons. The standard InChI is InChI=1S/C9H9NO4S.C7H8/c11-9(12)8(10-15(13)14)6-7-4-2-1-3-5-7;1-7-5-3-2-4-6-7/h1-5,8H,6H2,(H,11,12);2-6H,1H3. The van der Waals surface area contributed by atoms with Gasteiger partial charge in [0.25, 0.3) is 0 Å². The Hall–Kier alpha value is -2.47. The molecule has 6 heteroatoms. The molecule has 1 unspecified atom stereocenters. The van der Waals surface area contributed by atoms with Crippen LogP contribution in [0.15, 0.2) is 65.0 Å². The topological polar surface area (TPSA) is 83.8 Å². The van der Waals surface area contributed by atoms with Crippen molar-refractivity contribution in [2.24, 2.45) is 4.36 Å². The van der Waals surface area contributed by atoms with Gasteiger partial charge >= 0.3 is 16.5 Å². The molecule has 0 aromatic heterocycles. The first-order valence-corrected chi connectivity index (χ1v) is 7.61. The highest BCUT2D eigenvalue weighted by molar-refractivity contribution is 7.61. The number of carboxylic acids is 1. The minimum Gasteiger partial charge on any atom is -0.480 e. The van der Waals surface area contributed by atoms with Crippen LogP contribution in [0, 0.1) is 6.92 Å². The number of benzene rings is 2. The highest BCUT2D eigenvalue weighted by Crippen LogP contribution is 2.05. The number of carboxylic acid groups (broad SMARTS) is 1. The van der Waals surface area contributed by atoms with Crippen LogP contribution in [0.2, 0.25) is 0 Å². The molecule has 0 aliphatic heterocycles. The lowest BCUT2D eigenvalue weighted by molar-refractivity contribution is -0.138. The van der Waals surface area contributed by atoms with E-state index < -0.39 is 22.5 Å². The van der Waals surface area contributed by atoms with Crippen molar-refractivity contribution in [3.8, 4) is 0 Å². The summed E-state index contributed by atoms with van der Waals surface area (Å²) in [5, 5.41) is 8.72. The summed E-state index contributed by atoms with van der Waals surface area (Å²) in [6.07, 6.45) is 0.0736. The summed E-state index contributed by atoms with van der Waals surface area (Å²) < 4.78 is 23.6. The van der Waals surface area contributed by atoms with Gasteiger partial charge < -0.3 is 5.11 Å². The van der Waals surface area contributed by atoms with E-state index in [1.807, 2.05) is 18.2 Å². The molecule has 0 saturated heterocycles. The zero-order valence-electron chi connectivity index (χ0n) is 12.1. The van der Waals surface area contributed by atoms with Crippen molar-refractivity contribution >= 4 is 16.5 Å². The van der Waals surface area contributed by atoms with Crippen molar-refractivity contribution in [1.82, 2.24) is 0 Å². The summed E-state index contributed by atoms with van der Waals surface area (Å²) in [6.45, 7) is 2.08. The van der Waals surface area contributed by atoms with Crippen molar-refractivity contribution in [2.75, 3.05) is 0 Å². The number of carbonyl (C=O) groups is 1. The second-order valence-corrected chi connectivity index (χ2v) is 5.17. The first-order valence-electron chi connectivity index (χ1n) is 6.57. The van der Waals surface area contributed by atoms with Gasteiger partial charge in [0, 0.05) is 6.42 Å². The quantitative estimate of drug-likeness (QED) is 0.939. The minimum atomic E-state index is -2.70. The lowest BCUT2D eigenvalue weighted by Crippen LogP contribution is -2.20. The van der Waals surface area contributed by atoms with Crippen LogP contribution < -0.4 is 0 Å². The summed E-state index contributed by atoms with van der Waals surface area (Å²) >= 11 is 0. The van der Waals surface area contributed by atoms with Crippen LogP contribution in [0.5, 0.6) is 0 Å². The molecule has 5 nitrogen and oxygen atoms in total. The van der Waals surface area contributed by atoms with Crippen LogP contribution >= 0.6 is 0 Å². The molecular weight excluding hydrogens is 302 g/mol. The Morgan fingerprint density at radius 1 is 1.05 bits per heavy atom. The van der Waals surface area contributed by atoms with Gasteiger partial charge in [0.2, 0.25) is 0 Å². The number of aryl methyl sites for hydroxylation is 1. The fourth-order valence-corrected chi connectivity index (χ4v) is 2.02. The van der Waals surface area contributed by atoms with Crippen LogP contribution in [0.25, 0.3) is 0 Å². The maximum atomic E-state index is 10.7. The number of rotatable bonds is 4. The Morgan fingerprint density at radius 2 is 1.55 bits per heavy atom. The number of nitrogens with zero attached hydrogens (tertiary/aromatic N) is 1. The highest BCUT2D eigenvalue weighted by atomic mass is 32.2. The predicted molar refractivity (Wildman–Crippen MR) is 84.1 cm³/mol.